The van der Waals surface area contributed by atoms with Crippen LogP contribution in [0.5, 0.6) is 0 Å². The Kier molecular flexibility index (Phi) is 7.49. The van der Waals surface area contributed by atoms with E-state index in [1.54, 1.807) is 11.8 Å². The maximum atomic E-state index is 13.3. The van der Waals surface area contributed by atoms with E-state index in [-0.39, 0.29) is 37.9 Å². The van der Waals surface area contributed by atoms with Crippen LogP contribution >= 0.6 is 0 Å². The number of rotatable bonds is 8. The number of benzene rings is 3. The summed E-state index contributed by atoms with van der Waals surface area (Å²) < 4.78 is 5.87. The van der Waals surface area contributed by atoms with Crippen LogP contribution in [-0.2, 0) is 20.9 Å². The lowest BCUT2D eigenvalue weighted by atomic mass is 9.79. The van der Waals surface area contributed by atoms with E-state index in [1.807, 2.05) is 42.5 Å². The zero-order chi connectivity index (χ0) is 29.3. The molecule has 8 heteroatoms. The number of ether oxygens (including phenoxy) is 1. The summed E-state index contributed by atoms with van der Waals surface area (Å²) in [5.74, 6) is -1.08. The Morgan fingerprint density at radius 3 is 2.05 bits per heavy atom. The van der Waals surface area contributed by atoms with Gasteiger partial charge in [0, 0.05) is 38.6 Å². The zero-order valence-corrected chi connectivity index (χ0v) is 23.9. The first-order chi connectivity index (χ1) is 20.3. The zero-order valence-electron chi connectivity index (χ0n) is 23.9. The van der Waals surface area contributed by atoms with Crippen molar-refractivity contribution >= 4 is 18.0 Å². The number of carboxylic acid groups (broad SMARTS) is 1. The summed E-state index contributed by atoms with van der Waals surface area (Å²) >= 11 is 0. The number of carboxylic acids is 1. The average Bonchev–Trinajstić information content (AvgIpc) is 3.29. The number of alkyl carbamates (subject to hydrolysis) is 1. The van der Waals surface area contributed by atoms with Crippen molar-refractivity contribution in [2.24, 2.45) is 5.41 Å². The quantitative estimate of drug-likeness (QED) is 0.403. The second-order valence-corrected chi connectivity index (χ2v) is 12.3. The van der Waals surface area contributed by atoms with Gasteiger partial charge in [-0.2, -0.15) is 0 Å². The fourth-order valence-corrected chi connectivity index (χ4v) is 6.69. The number of nitrogens with zero attached hydrogens (tertiary/aromatic N) is 2. The van der Waals surface area contributed by atoms with Gasteiger partial charge in [0.2, 0.25) is 5.91 Å². The first kappa shape index (κ1) is 28.0. The van der Waals surface area contributed by atoms with Gasteiger partial charge in [0.15, 0.2) is 0 Å². The van der Waals surface area contributed by atoms with Gasteiger partial charge in [0.05, 0.1) is 17.4 Å². The highest BCUT2D eigenvalue weighted by Crippen LogP contribution is 2.44. The molecule has 2 amide bonds. The highest BCUT2D eigenvalue weighted by molar-refractivity contribution is 5.84. The molecule has 2 heterocycles. The van der Waals surface area contributed by atoms with Crippen molar-refractivity contribution in [1.29, 1.82) is 0 Å². The maximum absolute atomic E-state index is 13.3. The van der Waals surface area contributed by atoms with Crippen molar-refractivity contribution in [3.05, 3.63) is 95.6 Å². The Bertz CT molecular complexity index is 1430. The molecule has 0 saturated carbocycles. The van der Waals surface area contributed by atoms with Crippen molar-refractivity contribution in [3.8, 4) is 11.1 Å². The minimum absolute atomic E-state index is 0.0526. The SMILES string of the molecule is CC1(C(=O)O)CN(C(=O)CC2(NC(=O)OCC3c4ccccc4-c4ccccc43)CCN(Cc3ccccc3)CC2)C1. The second-order valence-electron chi connectivity index (χ2n) is 12.3. The van der Waals surface area contributed by atoms with Crippen molar-refractivity contribution in [3.63, 3.8) is 0 Å². The van der Waals surface area contributed by atoms with Crippen molar-refractivity contribution in [1.82, 2.24) is 15.1 Å². The van der Waals surface area contributed by atoms with Gasteiger partial charge in [-0.25, -0.2) is 4.79 Å². The summed E-state index contributed by atoms with van der Waals surface area (Å²) in [5.41, 5.74) is 4.16. The van der Waals surface area contributed by atoms with Crippen molar-refractivity contribution < 1.29 is 24.2 Å². The lowest BCUT2D eigenvalue weighted by molar-refractivity contribution is -0.164. The van der Waals surface area contributed by atoms with Crippen LogP contribution in [-0.4, -0.2) is 71.2 Å². The Morgan fingerprint density at radius 2 is 1.45 bits per heavy atom. The average molecular weight is 568 g/mol. The molecule has 0 atom stereocenters. The Labute approximate surface area is 246 Å². The Hall–Kier alpha value is -4.17. The van der Waals surface area contributed by atoms with Crippen LogP contribution in [0.4, 0.5) is 4.79 Å². The molecule has 42 heavy (non-hydrogen) atoms. The molecule has 2 saturated heterocycles. The number of hydrogen-bond acceptors (Lipinski definition) is 5. The van der Waals surface area contributed by atoms with Gasteiger partial charge in [0.25, 0.3) is 0 Å². The summed E-state index contributed by atoms with van der Waals surface area (Å²) in [6, 6.07) is 26.7. The molecule has 6 rings (SSSR count). The molecule has 3 aliphatic rings. The third-order valence-electron chi connectivity index (χ3n) is 9.21. The highest BCUT2D eigenvalue weighted by Gasteiger charge is 2.49. The van der Waals surface area contributed by atoms with Crippen LogP contribution in [0.3, 0.4) is 0 Å². The molecule has 3 aromatic carbocycles. The highest BCUT2D eigenvalue weighted by atomic mass is 16.5. The van der Waals surface area contributed by atoms with Crippen molar-refractivity contribution in [2.75, 3.05) is 32.8 Å². The first-order valence-electron chi connectivity index (χ1n) is 14.7. The molecule has 8 nitrogen and oxygen atoms in total. The number of fused-ring (bicyclic) bond motifs is 3. The fraction of sp³-hybridized carbons (Fsp3) is 0.382. The van der Waals surface area contributed by atoms with E-state index in [4.69, 9.17) is 4.74 Å². The van der Waals surface area contributed by atoms with Crippen LogP contribution < -0.4 is 5.32 Å². The van der Waals surface area contributed by atoms with Gasteiger partial charge < -0.3 is 20.1 Å². The normalized spacial score (nSPS) is 18.8. The van der Waals surface area contributed by atoms with Crippen LogP contribution in [0.2, 0.25) is 0 Å². The van der Waals surface area contributed by atoms with Crippen LogP contribution in [0.25, 0.3) is 11.1 Å². The number of aliphatic carboxylic acids is 1. The van der Waals surface area contributed by atoms with Crippen LogP contribution in [0, 0.1) is 5.41 Å². The Balaban J connectivity index is 1.13. The van der Waals surface area contributed by atoms with E-state index in [0.717, 1.165) is 41.9 Å². The Morgan fingerprint density at radius 1 is 0.881 bits per heavy atom. The van der Waals surface area contributed by atoms with E-state index in [0.29, 0.717) is 12.8 Å². The summed E-state index contributed by atoms with van der Waals surface area (Å²) in [6.07, 6.45) is 0.784. The van der Waals surface area contributed by atoms with Gasteiger partial charge >= 0.3 is 12.1 Å². The monoisotopic (exact) mass is 567 g/mol. The predicted octanol–water partition coefficient (Wildman–Crippen LogP) is 4.88. The lowest BCUT2D eigenvalue weighted by Gasteiger charge is -2.47. The molecule has 0 bridgehead atoms. The van der Waals surface area contributed by atoms with E-state index < -0.39 is 23.0 Å². The summed E-state index contributed by atoms with van der Waals surface area (Å²) in [7, 11) is 0. The molecule has 1 aliphatic carbocycles. The molecule has 218 valence electrons. The predicted molar refractivity (Wildman–Crippen MR) is 159 cm³/mol. The molecule has 2 fully saturated rings. The number of piperidine rings is 1. The first-order valence-corrected chi connectivity index (χ1v) is 14.7. The summed E-state index contributed by atoms with van der Waals surface area (Å²) in [5, 5.41) is 12.6. The lowest BCUT2D eigenvalue weighted by Crippen LogP contribution is -2.63. The molecular formula is C34H37N3O5. The van der Waals surface area contributed by atoms with E-state index >= 15 is 0 Å². The third-order valence-corrected chi connectivity index (χ3v) is 9.21. The number of nitrogens with one attached hydrogen (secondary N) is 1. The molecule has 3 aromatic rings. The third kappa shape index (κ3) is 5.51. The van der Waals surface area contributed by atoms with E-state index in [9.17, 15) is 19.5 Å². The largest absolute Gasteiger partial charge is 0.481 e. The smallest absolute Gasteiger partial charge is 0.407 e. The minimum Gasteiger partial charge on any atom is -0.481 e. The van der Waals surface area contributed by atoms with Crippen LogP contribution in [0.15, 0.2) is 78.9 Å². The van der Waals surface area contributed by atoms with Gasteiger partial charge in [-0.15, -0.1) is 0 Å². The van der Waals surface area contributed by atoms with E-state index in [2.05, 4.69) is 46.6 Å². The van der Waals surface area contributed by atoms with Gasteiger partial charge in [-0.3, -0.25) is 14.5 Å². The summed E-state index contributed by atoms with van der Waals surface area (Å²) in [6.45, 7) is 4.47. The molecule has 0 radical (unpaired) electrons. The van der Waals surface area contributed by atoms with E-state index in [1.165, 1.54) is 5.56 Å². The maximum Gasteiger partial charge on any atom is 0.407 e. The summed E-state index contributed by atoms with van der Waals surface area (Å²) in [4.78, 5) is 42.2. The molecule has 2 N–H and O–H groups in total. The number of carbonyl (C=O) groups excluding carboxylic acids is 2. The standard InChI is InChI=1S/C34H37N3O5/c1-33(31(39)40)22-37(23-33)30(38)19-34(15-17-36(18-16-34)20-24-9-3-2-4-10-24)35-32(41)42-21-29-27-13-7-5-11-25(27)26-12-6-8-14-28(26)29/h2-14,29H,15-23H2,1H3,(H,35,41)(H,39,40). The minimum atomic E-state index is -0.915. The van der Waals surface area contributed by atoms with Gasteiger partial charge in [-0.1, -0.05) is 78.9 Å². The molecule has 0 spiro atoms. The fourth-order valence-electron chi connectivity index (χ4n) is 6.69. The second kappa shape index (κ2) is 11.2. The van der Waals surface area contributed by atoms with Gasteiger partial charge in [0.1, 0.15) is 6.61 Å². The molecule has 2 aliphatic heterocycles. The molecular weight excluding hydrogens is 530 g/mol. The number of hydrogen-bond donors (Lipinski definition) is 2. The number of amides is 2. The number of likely N-dealkylation sites (tertiary alicyclic amines) is 2. The van der Waals surface area contributed by atoms with Crippen molar-refractivity contribution in [2.45, 2.75) is 44.2 Å². The molecule has 0 unspecified atom stereocenters. The molecule has 0 aromatic heterocycles. The van der Waals surface area contributed by atoms with Gasteiger partial charge in [-0.05, 0) is 47.6 Å². The number of carbonyl (C=O) groups is 3. The topological polar surface area (TPSA) is 99.2 Å². The van der Waals surface area contributed by atoms with Crippen LogP contribution in [0.1, 0.15) is 48.8 Å².